The standard InChI is InChI=1S/C19H23ClN6O/c1-10-13(20)16(25-18(21)22-10)26-8-2-6-19(9-26)7-5-12-14(19)23-15(11-3-4-11)24-17(12)27/h11H,2-9H2,1H3,(H2,21,22,25)(H,23,24,27). The van der Waals surface area contributed by atoms with Crippen LogP contribution in [0.2, 0.25) is 5.02 Å². The Labute approximate surface area is 162 Å². The van der Waals surface area contributed by atoms with Crippen LogP contribution >= 0.6 is 11.6 Å². The van der Waals surface area contributed by atoms with Gasteiger partial charge < -0.3 is 15.6 Å². The molecule has 0 bridgehead atoms. The van der Waals surface area contributed by atoms with Crippen molar-refractivity contribution in [3.05, 3.63) is 38.2 Å². The van der Waals surface area contributed by atoms with E-state index in [-0.39, 0.29) is 16.9 Å². The molecule has 8 heteroatoms. The number of nitrogens with two attached hydrogens (primary N) is 1. The van der Waals surface area contributed by atoms with E-state index in [1.165, 1.54) is 0 Å². The van der Waals surface area contributed by atoms with Crippen molar-refractivity contribution in [2.24, 2.45) is 0 Å². The lowest BCUT2D eigenvalue weighted by Crippen LogP contribution is -2.46. The van der Waals surface area contributed by atoms with E-state index in [0.717, 1.165) is 68.7 Å². The highest BCUT2D eigenvalue weighted by molar-refractivity contribution is 6.33. The number of nitrogens with one attached hydrogen (secondary N) is 1. The van der Waals surface area contributed by atoms with E-state index in [9.17, 15) is 4.79 Å². The average Bonchev–Trinajstić information content (AvgIpc) is 3.43. The third-order valence-electron chi connectivity index (χ3n) is 6.25. The molecular weight excluding hydrogens is 364 g/mol. The summed E-state index contributed by atoms with van der Waals surface area (Å²) in [6.45, 7) is 3.47. The van der Waals surface area contributed by atoms with Gasteiger partial charge in [0, 0.05) is 30.0 Å². The minimum absolute atomic E-state index is 0.0519. The second kappa shape index (κ2) is 5.92. The first-order valence-electron chi connectivity index (χ1n) is 9.65. The molecule has 3 aliphatic rings. The largest absolute Gasteiger partial charge is 0.368 e. The van der Waals surface area contributed by atoms with Gasteiger partial charge in [0.15, 0.2) is 5.82 Å². The van der Waals surface area contributed by atoms with Gasteiger partial charge in [-0.25, -0.2) is 9.97 Å². The Morgan fingerprint density at radius 1 is 1.26 bits per heavy atom. The third-order valence-corrected chi connectivity index (χ3v) is 6.69. The highest BCUT2D eigenvalue weighted by Gasteiger charge is 2.46. The van der Waals surface area contributed by atoms with Crippen LogP contribution in [-0.2, 0) is 11.8 Å². The first kappa shape index (κ1) is 17.0. The summed E-state index contributed by atoms with van der Waals surface area (Å²) in [5.74, 6) is 2.24. The second-order valence-corrected chi connectivity index (χ2v) is 8.54. The van der Waals surface area contributed by atoms with Crippen LogP contribution < -0.4 is 16.2 Å². The smallest absolute Gasteiger partial charge is 0.254 e. The molecule has 1 unspecified atom stereocenters. The first-order chi connectivity index (χ1) is 13.0. The number of fused-ring (bicyclic) bond motifs is 2. The Balaban J connectivity index is 1.55. The summed E-state index contributed by atoms with van der Waals surface area (Å²) in [4.78, 5) is 31.4. The zero-order valence-electron chi connectivity index (χ0n) is 15.4. The summed E-state index contributed by atoms with van der Waals surface area (Å²) in [5.41, 5.74) is 8.38. The maximum atomic E-state index is 12.6. The molecule has 2 fully saturated rings. The van der Waals surface area contributed by atoms with Gasteiger partial charge in [0.05, 0.1) is 11.4 Å². The minimum atomic E-state index is -0.109. The van der Waals surface area contributed by atoms with Crippen LogP contribution in [0.4, 0.5) is 11.8 Å². The number of rotatable bonds is 2. The van der Waals surface area contributed by atoms with Crippen LogP contribution in [0.5, 0.6) is 0 Å². The van der Waals surface area contributed by atoms with E-state index in [0.29, 0.717) is 22.5 Å². The number of aromatic nitrogens is 4. The highest BCUT2D eigenvalue weighted by Crippen LogP contribution is 2.46. The van der Waals surface area contributed by atoms with E-state index in [1.54, 1.807) is 0 Å². The molecule has 3 heterocycles. The van der Waals surface area contributed by atoms with Crippen molar-refractivity contribution in [2.45, 2.75) is 56.8 Å². The second-order valence-electron chi connectivity index (χ2n) is 8.16. The Hall–Kier alpha value is -2.15. The van der Waals surface area contributed by atoms with Gasteiger partial charge in [0.2, 0.25) is 5.95 Å². The summed E-state index contributed by atoms with van der Waals surface area (Å²) in [5, 5.41) is 0.553. The normalized spacial score (nSPS) is 24.4. The Bertz CT molecular complexity index is 985. The van der Waals surface area contributed by atoms with Crippen molar-refractivity contribution in [3.63, 3.8) is 0 Å². The summed E-state index contributed by atoms with van der Waals surface area (Å²) in [6.07, 6.45) is 6.02. The van der Waals surface area contributed by atoms with Crippen LogP contribution in [0.25, 0.3) is 0 Å². The number of aryl methyl sites for hydroxylation is 1. The fourth-order valence-corrected chi connectivity index (χ4v) is 4.91. The molecule has 1 atom stereocenters. The molecule has 2 aromatic heterocycles. The Kier molecular flexibility index (Phi) is 3.73. The van der Waals surface area contributed by atoms with E-state index in [4.69, 9.17) is 22.3 Å². The van der Waals surface area contributed by atoms with E-state index < -0.39 is 0 Å². The summed E-state index contributed by atoms with van der Waals surface area (Å²) in [6, 6.07) is 0. The topological polar surface area (TPSA) is 101 Å². The quantitative estimate of drug-likeness (QED) is 0.822. The molecule has 1 saturated carbocycles. The van der Waals surface area contributed by atoms with Gasteiger partial charge in [-0.15, -0.1) is 0 Å². The van der Waals surface area contributed by atoms with Crippen LogP contribution in [-0.4, -0.2) is 33.0 Å². The van der Waals surface area contributed by atoms with Crippen molar-refractivity contribution in [1.82, 2.24) is 19.9 Å². The molecule has 27 heavy (non-hydrogen) atoms. The third kappa shape index (κ3) is 2.71. The number of H-pyrrole nitrogens is 1. The van der Waals surface area contributed by atoms with Gasteiger partial charge in [-0.2, -0.15) is 4.98 Å². The molecule has 0 radical (unpaired) electrons. The number of hydrogen-bond donors (Lipinski definition) is 2. The Morgan fingerprint density at radius 3 is 2.85 bits per heavy atom. The maximum Gasteiger partial charge on any atom is 0.254 e. The predicted molar refractivity (Wildman–Crippen MR) is 104 cm³/mol. The fourth-order valence-electron chi connectivity index (χ4n) is 4.70. The monoisotopic (exact) mass is 386 g/mol. The molecule has 3 N–H and O–H groups in total. The summed E-state index contributed by atoms with van der Waals surface area (Å²) in [7, 11) is 0. The van der Waals surface area contributed by atoms with Gasteiger partial charge in [-0.1, -0.05) is 11.6 Å². The number of nitrogen functional groups attached to an aromatic ring is 1. The van der Waals surface area contributed by atoms with Crippen LogP contribution in [0, 0.1) is 6.92 Å². The molecule has 2 aromatic rings. The predicted octanol–water partition coefficient (Wildman–Crippen LogP) is 2.47. The zero-order chi connectivity index (χ0) is 18.8. The lowest BCUT2D eigenvalue weighted by molar-refractivity contribution is 0.332. The molecular formula is C19H23ClN6O. The van der Waals surface area contributed by atoms with Crippen molar-refractivity contribution < 1.29 is 0 Å². The zero-order valence-corrected chi connectivity index (χ0v) is 16.1. The fraction of sp³-hybridized carbons (Fsp3) is 0.579. The van der Waals surface area contributed by atoms with Crippen molar-refractivity contribution in [1.29, 1.82) is 0 Å². The molecule has 0 aromatic carbocycles. The molecule has 7 nitrogen and oxygen atoms in total. The first-order valence-corrected chi connectivity index (χ1v) is 10.0. The lowest BCUT2D eigenvalue weighted by Gasteiger charge is -2.41. The van der Waals surface area contributed by atoms with Crippen molar-refractivity contribution in [2.75, 3.05) is 23.7 Å². The van der Waals surface area contributed by atoms with E-state index in [1.807, 2.05) is 6.92 Å². The van der Waals surface area contributed by atoms with Gasteiger partial charge in [0.25, 0.3) is 5.56 Å². The molecule has 142 valence electrons. The van der Waals surface area contributed by atoms with E-state index in [2.05, 4.69) is 19.9 Å². The van der Waals surface area contributed by atoms with Gasteiger partial charge >= 0.3 is 0 Å². The van der Waals surface area contributed by atoms with Gasteiger partial charge in [-0.05, 0) is 45.4 Å². The Morgan fingerprint density at radius 2 is 2.07 bits per heavy atom. The molecule has 2 aliphatic carbocycles. The molecule has 1 spiro atoms. The molecule has 0 amide bonds. The maximum absolute atomic E-state index is 12.6. The lowest BCUT2D eigenvalue weighted by atomic mass is 9.77. The number of aromatic amines is 1. The van der Waals surface area contributed by atoms with Gasteiger partial charge in [0.1, 0.15) is 10.8 Å². The van der Waals surface area contributed by atoms with Crippen LogP contribution in [0.15, 0.2) is 4.79 Å². The van der Waals surface area contributed by atoms with Crippen LogP contribution in [0.1, 0.15) is 60.8 Å². The summed E-state index contributed by atoms with van der Waals surface area (Å²) < 4.78 is 0. The highest BCUT2D eigenvalue weighted by atomic mass is 35.5. The van der Waals surface area contributed by atoms with Crippen molar-refractivity contribution in [3.8, 4) is 0 Å². The number of piperidine rings is 1. The average molecular weight is 387 g/mol. The molecule has 1 aliphatic heterocycles. The summed E-state index contributed by atoms with van der Waals surface area (Å²) >= 11 is 6.50. The van der Waals surface area contributed by atoms with Crippen molar-refractivity contribution >= 4 is 23.4 Å². The van der Waals surface area contributed by atoms with Crippen LogP contribution in [0.3, 0.4) is 0 Å². The molecule has 1 saturated heterocycles. The van der Waals surface area contributed by atoms with E-state index >= 15 is 0 Å². The SMILES string of the molecule is Cc1nc(N)nc(N2CCCC3(CCc4c3nc(C3CC3)[nH]c4=O)C2)c1Cl. The number of nitrogens with zero attached hydrogens (tertiary/aromatic N) is 4. The van der Waals surface area contributed by atoms with Gasteiger partial charge in [-0.3, -0.25) is 4.79 Å². The number of halogens is 1. The number of anilines is 2. The minimum Gasteiger partial charge on any atom is -0.368 e. The molecule has 5 rings (SSSR count). The number of hydrogen-bond acceptors (Lipinski definition) is 6.